The Morgan fingerprint density at radius 1 is 1.10 bits per heavy atom. The molecular formula is C22H23F2N3O3S. The van der Waals surface area contributed by atoms with Crippen LogP contribution in [0.5, 0.6) is 5.75 Å². The maximum Gasteiger partial charge on any atom is 0.387 e. The Balaban J connectivity index is 1.39. The Morgan fingerprint density at radius 3 is 2.58 bits per heavy atom. The van der Waals surface area contributed by atoms with Gasteiger partial charge < -0.3 is 15.0 Å². The Morgan fingerprint density at radius 2 is 1.84 bits per heavy atom. The highest BCUT2D eigenvalue weighted by Crippen LogP contribution is 2.15. The van der Waals surface area contributed by atoms with Gasteiger partial charge in [-0.15, -0.1) is 0 Å². The lowest BCUT2D eigenvalue weighted by Gasteiger charge is -2.09. The number of hydrogen-bond donors (Lipinski definition) is 2. The van der Waals surface area contributed by atoms with Gasteiger partial charge in [0.25, 0.3) is 5.56 Å². The number of aromatic amines is 1. The second kappa shape index (κ2) is 10.8. The Bertz CT molecular complexity index is 1140. The molecule has 0 saturated carbocycles. The summed E-state index contributed by atoms with van der Waals surface area (Å²) in [5, 5.41) is 3.40. The molecule has 31 heavy (non-hydrogen) atoms. The van der Waals surface area contributed by atoms with Gasteiger partial charge in [0.1, 0.15) is 5.75 Å². The number of H-pyrrole nitrogens is 1. The number of halogens is 2. The fraction of sp³-hybridized carbons (Fsp3) is 0.318. The summed E-state index contributed by atoms with van der Waals surface area (Å²) in [5.74, 6) is -0.0106. The summed E-state index contributed by atoms with van der Waals surface area (Å²) in [6.45, 7) is -2.05. The molecule has 0 fully saturated rings. The average molecular weight is 448 g/mol. The second-order valence-corrected chi connectivity index (χ2v) is 7.43. The molecule has 0 aliphatic heterocycles. The molecular weight excluding hydrogens is 424 g/mol. The predicted octanol–water partition coefficient (Wildman–Crippen LogP) is 4.54. The van der Waals surface area contributed by atoms with Gasteiger partial charge in [0.2, 0.25) is 5.91 Å². The highest BCUT2D eigenvalue weighted by atomic mass is 32.1. The van der Waals surface area contributed by atoms with Gasteiger partial charge in [0, 0.05) is 19.5 Å². The van der Waals surface area contributed by atoms with E-state index in [9.17, 15) is 18.4 Å². The van der Waals surface area contributed by atoms with Gasteiger partial charge in [-0.1, -0.05) is 30.7 Å². The van der Waals surface area contributed by atoms with Gasteiger partial charge in [-0.25, -0.2) is 0 Å². The number of ether oxygens (including phenoxy) is 1. The van der Waals surface area contributed by atoms with Crippen LogP contribution in [0.3, 0.4) is 0 Å². The molecule has 0 radical (unpaired) electrons. The molecule has 0 aliphatic carbocycles. The van der Waals surface area contributed by atoms with Crippen LogP contribution in [0.15, 0.2) is 53.3 Å². The number of benzene rings is 2. The molecule has 0 saturated heterocycles. The number of unbranched alkanes of at least 4 members (excludes halogenated alkanes) is 2. The van der Waals surface area contributed by atoms with Crippen molar-refractivity contribution in [2.75, 3.05) is 0 Å². The van der Waals surface area contributed by atoms with Gasteiger partial charge in [0.15, 0.2) is 4.77 Å². The Hall–Kier alpha value is -3.07. The quantitative estimate of drug-likeness (QED) is 0.354. The first-order chi connectivity index (χ1) is 14.9. The first-order valence-electron chi connectivity index (χ1n) is 9.96. The molecule has 0 aliphatic rings. The highest BCUT2D eigenvalue weighted by Gasteiger charge is 2.07. The van der Waals surface area contributed by atoms with E-state index in [1.807, 2.05) is 18.2 Å². The molecule has 1 aromatic heterocycles. The van der Waals surface area contributed by atoms with Crippen LogP contribution in [0.2, 0.25) is 0 Å². The number of alkyl halides is 2. The number of para-hydroxylation sites is 1. The van der Waals surface area contributed by atoms with E-state index < -0.39 is 6.61 Å². The molecule has 2 N–H and O–H groups in total. The van der Waals surface area contributed by atoms with Gasteiger partial charge in [-0.2, -0.15) is 8.78 Å². The number of carbonyl (C=O) groups excluding carboxylic acids is 1. The third-order valence-electron chi connectivity index (χ3n) is 4.81. The van der Waals surface area contributed by atoms with E-state index in [2.05, 4.69) is 15.0 Å². The van der Waals surface area contributed by atoms with E-state index in [1.54, 1.807) is 22.8 Å². The van der Waals surface area contributed by atoms with Crippen LogP contribution in [0, 0.1) is 4.77 Å². The van der Waals surface area contributed by atoms with Crippen LogP contribution in [0.25, 0.3) is 10.9 Å². The van der Waals surface area contributed by atoms with E-state index in [4.69, 9.17) is 12.2 Å². The molecule has 0 unspecified atom stereocenters. The zero-order valence-corrected chi connectivity index (χ0v) is 17.6. The summed E-state index contributed by atoms with van der Waals surface area (Å²) >= 11 is 5.29. The standard InChI is InChI=1S/C22H23F2N3O3S/c23-21(24)30-16-11-9-15(10-12-16)14-25-19(28)8-2-1-5-13-27-20(29)17-6-3-4-7-18(17)26-22(27)31/h3-4,6-7,9-12,21H,1-2,5,8,13-14H2,(H,25,28)(H,26,31). The van der Waals surface area contributed by atoms with Crippen molar-refractivity contribution in [2.45, 2.75) is 45.4 Å². The Kier molecular flexibility index (Phi) is 7.88. The monoisotopic (exact) mass is 447 g/mol. The summed E-state index contributed by atoms with van der Waals surface area (Å²) in [5.41, 5.74) is 1.41. The van der Waals surface area contributed by atoms with Gasteiger partial charge >= 0.3 is 6.61 Å². The number of nitrogens with one attached hydrogen (secondary N) is 2. The number of carbonyl (C=O) groups is 1. The molecule has 0 bridgehead atoms. The van der Waals surface area contributed by atoms with Crippen molar-refractivity contribution in [3.05, 3.63) is 69.2 Å². The summed E-state index contributed by atoms with van der Waals surface area (Å²) < 4.78 is 30.5. The number of fused-ring (bicyclic) bond motifs is 1. The lowest BCUT2D eigenvalue weighted by molar-refractivity contribution is -0.121. The minimum atomic E-state index is -2.86. The van der Waals surface area contributed by atoms with Crippen molar-refractivity contribution in [2.24, 2.45) is 0 Å². The van der Waals surface area contributed by atoms with Crippen LogP contribution in [-0.4, -0.2) is 22.1 Å². The molecule has 1 heterocycles. The van der Waals surface area contributed by atoms with Crippen molar-refractivity contribution >= 4 is 29.0 Å². The smallest absolute Gasteiger partial charge is 0.387 e. The fourth-order valence-electron chi connectivity index (χ4n) is 3.21. The predicted molar refractivity (Wildman–Crippen MR) is 117 cm³/mol. The normalized spacial score (nSPS) is 11.1. The summed E-state index contributed by atoms with van der Waals surface area (Å²) in [7, 11) is 0. The second-order valence-electron chi connectivity index (χ2n) is 7.04. The molecule has 2 aromatic carbocycles. The van der Waals surface area contributed by atoms with E-state index >= 15 is 0 Å². The number of nitrogens with zero attached hydrogens (tertiary/aromatic N) is 1. The maximum absolute atomic E-state index is 12.6. The number of rotatable bonds is 10. The highest BCUT2D eigenvalue weighted by molar-refractivity contribution is 7.71. The molecule has 164 valence electrons. The molecule has 3 aromatic rings. The van der Waals surface area contributed by atoms with Crippen LogP contribution in [0.1, 0.15) is 31.2 Å². The van der Waals surface area contributed by atoms with Crippen LogP contribution < -0.4 is 15.6 Å². The van der Waals surface area contributed by atoms with E-state index in [0.29, 0.717) is 36.1 Å². The summed E-state index contributed by atoms with van der Waals surface area (Å²) in [6, 6.07) is 13.4. The van der Waals surface area contributed by atoms with Crippen LogP contribution in [-0.2, 0) is 17.9 Å². The molecule has 9 heteroatoms. The van der Waals surface area contributed by atoms with Gasteiger partial charge in [-0.05, 0) is 54.9 Å². The lowest BCUT2D eigenvalue weighted by atomic mass is 10.1. The molecule has 3 rings (SSSR count). The average Bonchev–Trinajstić information content (AvgIpc) is 2.74. The topological polar surface area (TPSA) is 76.1 Å². The number of amides is 1. The zero-order chi connectivity index (χ0) is 22.2. The third-order valence-corrected chi connectivity index (χ3v) is 5.14. The van der Waals surface area contributed by atoms with Crippen molar-refractivity contribution in [3.63, 3.8) is 0 Å². The van der Waals surface area contributed by atoms with Gasteiger partial charge in [-0.3, -0.25) is 14.2 Å². The van der Waals surface area contributed by atoms with Crippen LogP contribution in [0.4, 0.5) is 8.78 Å². The number of hydrogen-bond acceptors (Lipinski definition) is 4. The lowest BCUT2D eigenvalue weighted by Crippen LogP contribution is -2.23. The largest absolute Gasteiger partial charge is 0.435 e. The Labute approximate surface area is 182 Å². The van der Waals surface area contributed by atoms with Crippen molar-refractivity contribution < 1.29 is 18.3 Å². The zero-order valence-electron chi connectivity index (χ0n) is 16.8. The van der Waals surface area contributed by atoms with E-state index in [1.165, 1.54) is 12.1 Å². The van der Waals surface area contributed by atoms with Gasteiger partial charge in [0.05, 0.1) is 10.9 Å². The van der Waals surface area contributed by atoms with Crippen LogP contribution >= 0.6 is 12.2 Å². The summed E-state index contributed by atoms with van der Waals surface area (Å²) in [6.07, 6.45) is 2.56. The first kappa shape index (κ1) is 22.6. The minimum Gasteiger partial charge on any atom is -0.435 e. The fourth-order valence-corrected chi connectivity index (χ4v) is 3.50. The first-order valence-corrected chi connectivity index (χ1v) is 10.4. The number of aromatic nitrogens is 2. The maximum atomic E-state index is 12.6. The molecule has 6 nitrogen and oxygen atoms in total. The SMILES string of the molecule is O=C(CCCCCn1c(=S)[nH]c2ccccc2c1=O)NCc1ccc(OC(F)F)cc1. The molecule has 0 atom stereocenters. The molecule has 0 spiro atoms. The van der Waals surface area contributed by atoms with Crippen molar-refractivity contribution in [3.8, 4) is 5.75 Å². The third kappa shape index (κ3) is 6.45. The van der Waals surface area contributed by atoms with Crippen molar-refractivity contribution in [1.82, 2.24) is 14.9 Å². The van der Waals surface area contributed by atoms with E-state index in [-0.39, 0.29) is 17.2 Å². The minimum absolute atomic E-state index is 0.0791. The molecule has 1 amide bonds. The van der Waals surface area contributed by atoms with Crippen molar-refractivity contribution in [1.29, 1.82) is 0 Å². The van der Waals surface area contributed by atoms with E-state index in [0.717, 1.165) is 23.9 Å². The summed E-state index contributed by atoms with van der Waals surface area (Å²) in [4.78, 5) is 27.7.